The Labute approximate surface area is 186 Å². The predicted octanol–water partition coefficient (Wildman–Crippen LogP) is 5.93. The Kier molecular flexibility index (Phi) is 7.85. The van der Waals surface area contributed by atoms with Crippen LogP contribution in [-0.2, 0) is 6.42 Å². The van der Waals surface area contributed by atoms with Gasteiger partial charge in [0.15, 0.2) is 0 Å². The first kappa shape index (κ1) is 22.6. The van der Waals surface area contributed by atoms with E-state index in [4.69, 9.17) is 5.73 Å². The zero-order chi connectivity index (χ0) is 22.2. The number of anilines is 1. The fourth-order valence-corrected chi connectivity index (χ4v) is 3.67. The van der Waals surface area contributed by atoms with Gasteiger partial charge in [0.1, 0.15) is 0 Å². The minimum atomic E-state index is -0.148. The number of hydrogen-bond donors (Lipinski definition) is 2. The van der Waals surface area contributed by atoms with Crippen molar-refractivity contribution >= 4 is 11.7 Å². The second kappa shape index (κ2) is 10.8. The number of hydrogen-bond acceptors (Lipinski definition) is 2. The van der Waals surface area contributed by atoms with E-state index in [1.54, 1.807) is 4.90 Å². The van der Waals surface area contributed by atoms with Crippen LogP contribution in [0.2, 0.25) is 0 Å². The summed E-state index contributed by atoms with van der Waals surface area (Å²) in [6, 6.07) is 26.4. The third-order valence-electron chi connectivity index (χ3n) is 5.36. The van der Waals surface area contributed by atoms with Crippen LogP contribution in [0.4, 0.5) is 10.5 Å². The molecule has 3 aromatic carbocycles. The lowest BCUT2D eigenvalue weighted by atomic mass is 10.0. The molecule has 3 rings (SSSR count). The van der Waals surface area contributed by atoms with Gasteiger partial charge in [0.05, 0.1) is 6.04 Å². The SMILES string of the molecule is CCCc1ccc(-c2ccc(N(C[C@H](C)N)C(=O)N[C@@H](C)c3ccccc3)cc2)cc1. The van der Waals surface area contributed by atoms with Crippen LogP contribution in [0.1, 0.15) is 44.4 Å². The summed E-state index contributed by atoms with van der Waals surface area (Å²) in [5.41, 5.74) is 11.6. The van der Waals surface area contributed by atoms with Crippen molar-refractivity contribution in [3.05, 3.63) is 90.0 Å². The van der Waals surface area contributed by atoms with Gasteiger partial charge in [-0.15, -0.1) is 0 Å². The normalized spacial score (nSPS) is 12.8. The number of urea groups is 1. The number of nitrogens with zero attached hydrogens (tertiary/aromatic N) is 1. The van der Waals surface area contributed by atoms with Crippen LogP contribution < -0.4 is 16.0 Å². The van der Waals surface area contributed by atoms with Crippen LogP contribution in [0.15, 0.2) is 78.9 Å². The molecule has 0 bridgehead atoms. The first-order chi connectivity index (χ1) is 15.0. The summed E-state index contributed by atoms with van der Waals surface area (Å²) in [5.74, 6) is 0. The number of amides is 2. The minimum Gasteiger partial charge on any atom is -0.331 e. The van der Waals surface area contributed by atoms with E-state index in [1.165, 1.54) is 11.1 Å². The Hall–Kier alpha value is -3.11. The van der Waals surface area contributed by atoms with Gasteiger partial charge in [-0.3, -0.25) is 4.90 Å². The molecular formula is C27H33N3O. The average Bonchev–Trinajstić information content (AvgIpc) is 2.79. The van der Waals surface area contributed by atoms with Gasteiger partial charge in [-0.05, 0) is 54.7 Å². The van der Waals surface area contributed by atoms with E-state index in [-0.39, 0.29) is 18.1 Å². The maximum atomic E-state index is 13.1. The second-order valence-electron chi connectivity index (χ2n) is 8.16. The number of rotatable bonds is 8. The molecule has 0 unspecified atom stereocenters. The first-order valence-electron chi connectivity index (χ1n) is 11.1. The van der Waals surface area contributed by atoms with Crippen molar-refractivity contribution in [2.75, 3.05) is 11.4 Å². The van der Waals surface area contributed by atoms with Gasteiger partial charge < -0.3 is 11.1 Å². The molecule has 0 aromatic heterocycles. The molecule has 0 aliphatic heterocycles. The zero-order valence-corrected chi connectivity index (χ0v) is 18.7. The summed E-state index contributed by atoms with van der Waals surface area (Å²) < 4.78 is 0. The third kappa shape index (κ3) is 6.19. The van der Waals surface area contributed by atoms with Gasteiger partial charge in [-0.1, -0.05) is 80.1 Å². The van der Waals surface area contributed by atoms with Gasteiger partial charge in [-0.2, -0.15) is 0 Å². The Balaban J connectivity index is 1.76. The van der Waals surface area contributed by atoms with Crippen LogP contribution >= 0.6 is 0 Å². The minimum absolute atomic E-state index is 0.0924. The third-order valence-corrected chi connectivity index (χ3v) is 5.36. The van der Waals surface area contributed by atoms with Crippen LogP contribution in [-0.4, -0.2) is 18.6 Å². The Morgan fingerprint density at radius 3 is 2.03 bits per heavy atom. The van der Waals surface area contributed by atoms with Crippen molar-refractivity contribution in [3.8, 4) is 11.1 Å². The summed E-state index contributed by atoms with van der Waals surface area (Å²) in [5, 5.41) is 3.10. The lowest BCUT2D eigenvalue weighted by Gasteiger charge is -2.27. The summed E-state index contributed by atoms with van der Waals surface area (Å²) >= 11 is 0. The maximum Gasteiger partial charge on any atom is 0.322 e. The highest BCUT2D eigenvalue weighted by Gasteiger charge is 2.19. The van der Waals surface area contributed by atoms with E-state index >= 15 is 0 Å². The summed E-state index contributed by atoms with van der Waals surface area (Å²) in [7, 11) is 0. The second-order valence-corrected chi connectivity index (χ2v) is 8.16. The molecule has 3 N–H and O–H groups in total. The summed E-state index contributed by atoms with van der Waals surface area (Å²) in [6.45, 7) is 6.53. The zero-order valence-electron chi connectivity index (χ0n) is 18.7. The molecule has 0 aliphatic rings. The number of benzene rings is 3. The molecule has 0 saturated heterocycles. The lowest BCUT2D eigenvalue weighted by molar-refractivity contribution is 0.243. The van der Waals surface area contributed by atoms with E-state index in [1.807, 2.05) is 56.3 Å². The predicted molar refractivity (Wildman–Crippen MR) is 130 cm³/mol. The van der Waals surface area contributed by atoms with Gasteiger partial charge >= 0.3 is 6.03 Å². The molecule has 2 atom stereocenters. The van der Waals surface area contributed by atoms with Crippen LogP contribution in [0.5, 0.6) is 0 Å². The maximum absolute atomic E-state index is 13.1. The summed E-state index contributed by atoms with van der Waals surface area (Å²) in [4.78, 5) is 14.8. The molecule has 0 saturated carbocycles. The molecule has 162 valence electrons. The van der Waals surface area contributed by atoms with Gasteiger partial charge in [0.2, 0.25) is 0 Å². The molecule has 0 heterocycles. The Morgan fingerprint density at radius 2 is 1.48 bits per heavy atom. The standard InChI is InChI=1S/C27H33N3O/c1-4-8-22-11-13-24(14-12-22)25-15-17-26(18-16-25)30(19-20(2)28)27(31)29-21(3)23-9-6-5-7-10-23/h5-7,9-18,20-21H,4,8,19,28H2,1-3H3,(H,29,31)/t20-,21-/m0/s1. The van der Waals surface area contributed by atoms with Crippen molar-refractivity contribution in [3.63, 3.8) is 0 Å². The van der Waals surface area contributed by atoms with Crippen molar-refractivity contribution in [2.45, 2.75) is 45.7 Å². The number of carbonyl (C=O) groups excluding carboxylic acids is 1. The van der Waals surface area contributed by atoms with E-state index in [0.717, 1.165) is 29.7 Å². The Bertz CT molecular complexity index is 950. The molecule has 31 heavy (non-hydrogen) atoms. The highest BCUT2D eigenvalue weighted by molar-refractivity contribution is 5.92. The molecular weight excluding hydrogens is 382 g/mol. The van der Waals surface area contributed by atoms with Crippen molar-refractivity contribution in [1.82, 2.24) is 5.32 Å². The molecule has 0 fully saturated rings. The fraction of sp³-hybridized carbons (Fsp3) is 0.296. The number of carbonyl (C=O) groups is 1. The van der Waals surface area contributed by atoms with Gasteiger partial charge in [0, 0.05) is 18.3 Å². The molecule has 4 nitrogen and oxygen atoms in total. The Morgan fingerprint density at radius 1 is 0.903 bits per heavy atom. The monoisotopic (exact) mass is 415 g/mol. The largest absolute Gasteiger partial charge is 0.331 e. The fourth-order valence-electron chi connectivity index (χ4n) is 3.67. The van der Waals surface area contributed by atoms with E-state index in [9.17, 15) is 4.79 Å². The summed E-state index contributed by atoms with van der Waals surface area (Å²) in [6.07, 6.45) is 2.25. The number of nitrogens with one attached hydrogen (secondary N) is 1. The van der Waals surface area contributed by atoms with Gasteiger partial charge in [-0.25, -0.2) is 4.79 Å². The van der Waals surface area contributed by atoms with Crippen LogP contribution in [0.3, 0.4) is 0 Å². The number of aryl methyl sites for hydroxylation is 1. The smallest absolute Gasteiger partial charge is 0.322 e. The molecule has 2 amide bonds. The number of nitrogens with two attached hydrogens (primary N) is 1. The topological polar surface area (TPSA) is 58.4 Å². The molecule has 4 heteroatoms. The first-order valence-corrected chi connectivity index (χ1v) is 11.1. The van der Waals surface area contributed by atoms with Crippen molar-refractivity contribution in [1.29, 1.82) is 0 Å². The average molecular weight is 416 g/mol. The molecule has 0 radical (unpaired) electrons. The van der Waals surface area contributed by atoms with E-state index in [2.05, 4.69) is 48.6 Å². The lowest BCUT2D eigenvalue weighted by Crippen LogP contribution is -2.46. The van der Waals surface area contributed by atoms with Gasteiger partial charge in [0.25, 0.3) is 0 Å². The van der Waals surface area contributed by atoms with Crippen LogP contribution in [0, 0.1) is 0 Å². The van der Waals surface area contributed by atoms with Crippen LogP contribution in [0.25, 0.3) is 11.1 Å². The van der Waals surface area contributed by atoms with E-state index in [0.29, 0.717) is 6.54 Å². The molecule has 0 aliphatic carbocycles. The van der Waals surface area contributed by atoms with Crippen molar-refractivity contribution < 1.29 is 4.79 Å². The molecule has 0 spiro atoms. The quantitative estimate of drug-likeness (QED) is 0.479. The van der Waals surface area contributed by atoms with Crippen molar-refractivity contribution in [2.24, 2.45) is 5.73 Å². The van der Waals surface area contributed by atoms with E-state index < -0.39 is 0 Å². The highest BCUT2D eigenvalue weighted by Crippen LogP contribution is 2.25. The highest BCUT2D eigenvalue weighted by atomic mass is 16.2. The molecule has 3 aromatic rings.